The summed E-state index contributed by atoms with van der Waals surface area (Å²) in [5.41, 5.74) is 2.30. The molecular weight excluding hydrogens is 400 g/mol. The van der Waals surface area contributed by atoms with E-state index in [1.54, 1.807) is 6.20 Å². The molecule has 8 heteroatoms. The van der Waals surface area contributed by atoms with Gasteiger partial charge in [-0.25, -0.2) is 9.67 Å². The topological polar surface area (TPSA) is 76.8 Å². The molecule has 2 aliphatic rings. The zero-order chi connectivity index (χ0) is 21.1. The molecule has 1 unspecified atom stereocenters. The number of ether oxygens (including phenoxy) is 1. The van der Waals surface area contributed by atoms with Crippen molar-refractivity contribution in [2.75, 3.05) is 6.61 Å². The molecule has 30 heavy (non-hydrogen) atoms. The predicted molar refractivity (Wildman–Crippen MR) is 119 cm³/mol. The highest BCUT2D eigenvalue weighted by molar-refractivity contribution is 7.19. The van der Waals surface area contributed by atoms with Gasteiger partial charge in [-0.3, -0.25) is 14.5 Å². The molecule has 0 N–H and O–H groups in total. The number of hydrogen-bond acceptors (Lipinski definition) is 6. The van der Waals surface area contributed by atoms with Crippen molar-refractivity contribution in [3.05, 3.63) is 57.0 Å². The van der Waals surface area contributed by atoms with Gasteiger partial charge in [0.15, 0.2) is 6.23 Å². The smallest absolute Gasteiger partial charge is 0.280 e. The maximum atomic E-state index is 13.2. The fourth-order valence-electron chi connectivity index (χ4n) is 3.61. The number of thiophene rings is 1. The van der Waals surface area contributed by atoms with Gasteiger partial charge in [-0.2, -0.15) is 5.10 Å². The largest absolute Gasteiger partial charge is 0.356 e. The van der Waals surface area contributed by atoms with Crippen LogP contribution >= 0.6 is 11.3 Å². The SMILES string of the molecule is CC1=CC=C(N(C=O)C=Nc2c(C)sc3cnn(C4CCCCO4)c(=O)c23)CC=C1. The number of rotatable bonds is 5. The van der Waals surface area contributed by atoms with E-state index in [2.05, 4.69) is 10.1 Å². The fraction of sp³-hybridized carbons (Fsp3) is 0.364. The Balaban J connectivity index is 1.71. The first-order chi connectivity index (χ1) is 14.6. The van der Waals surface area contributed by atoms with Crippen molar-refractivity contribution in [2.45, 2.75) is 45.8 Å². The van der Waals surface area contributed by atoms with Crippen LogP contribution in [0.25, 0.3) is 10.1 Å². The molecule has 156 valence electrons. The molecule has 1 aliphatic heterocycles. The highest BCUT2D eigenvalue weighted by atomic mass is 32.1. The highest BCUT2D eigenvalue weighted by Crippen LogP contribution is 2.35. The second kappa shape index (κ2) is 8.89. The summed E-state index contributed by atoms with van der Waals surface area (Å²) in [5, 5.41) is 4.86. The van der Waals surface area contributed by atoms with Crippen LogP contribution in [0.3, 0.4) is 0 Å². The van der Waals surface area contributed by atoms with Crippen LogP contribution in [0, 0.1) is 6.92 Å². The van der Waals surface area contributed by atoms with Crippen LogP contribution in [-0.4, -0.2) is 34.0 Å². The summed E-state index contributed by atoms with van der Waals surface area (Å²) in [6, 6.07) is 0. The molecule has 0 spiro atoms. The minimum Gasteiger partial charge on any atom is -0.356 e. The Morgan fingerprint density at radius 2 is 2.20 bits per heavy atom. The van der Waals surface area contributed by atoms with Crippen molar-refractivity contribution in [3.8, 4) is 0 Å². The molecule has 3 heterocycles. The highest BCUT2D eigenvalue weighted by Gasteiger charge is 2.21. The number of aromatic nitrogens is 2. The van der Waals surface area contributed by atoms with Gasteiger partial charge in [-0.05, 0) is 39.2 Å². The second-order valence-electron chi connectivity index (χ2n) is 7.39. The normalized spacial score (nSPS) is 19.6. The number of carbonyl (C=O) groups excluding carboxylic acids is 1. The van der Waals surface area contributed by atoms with E-state index in [-0.39, 0.29) is 11.8 Å². The summed E-state index contributed by atoms with van der Waals surface area (Å²) >= 11 is 1.47. The van der Waals surface area contributed by atoms with E-state index in [1.165, 1.54) is 27.3 Å². The lowest BCUT2D eigenvalue weighted by Gasteiger charge is -2.23. The summed E-state index contributed by atoms with van der Waals surface area (Å²) in [4.78, 5) is 31.8. The van der Waals surface area contributed by atoms with Crippen molar-refractivity contribution in [1.29, 1.82) is 0 Å². The van der Waals surface area contributed by atoms with Gasteiger partial charge in [0.25, 0.3) is 5.56 Å². The maximum absolute atomic E-state index is 13.2. The summed E-state index contributed by atoms with van der Waals surface area (Å²) < 4.78 is 7.96. The monoisotopic (exact) mass is 424 g/mol. The number of amides is 1. The van der Waals surface area contributed by atoms with Gasteiger partial charge in [0.1, 0.15) is 6.34 Å². The number of allylic oxidation sites excluding steroid dienone is 5. The maximum Gasteiger partial charge on any atom is 0.280 e. The quantitative estimate of drug-likeness (QED) is 0.406. The van der Waals surface area contributed by atoms with E-state index in [0.717, 1.165) is 46.5 Å². The van der Waals surface area contributed by atoms with Crippen LogP contribution < -0.4 is 5.56 Å². The van der Waals surface area contributed by atoms with Gasteiger partial charge in [0, 0.05) is 23.6 Å². The molecule has 1 atom stereocenters. The summed E-state index contributed by atoms with van der Waals surface area (Å²) in [5.74, 6) is 0. The predicted octanol–water partition coefficient (Wildman–Crippen LogP) is 4.37. The Kier molecular flexibility index (Phi) is 6.06. The van der Waals surface area contributed by atoms with Crippen LogP contribution in [0.2, 0.25) is 0 Å². The Bertz CT molecular complexity index is 1130. The van der Waals surface area contributed by atoms with Crippen molar-refractivity contribution < 1.29 is 9.53 Å². The Labute approximate surface area is 178 Å². The van der Waals surface area contributed by atoms with E-state index in [9.17, 15) is 9.59 Å². The molecule has 1 amide bonds. The molecule has 1 aliphatic carbocycles. The van der Waals surface area contributed by atoms with Crippen LogP contribution in [0.15, 0.2) is 51.6 Å². The Morgan fingerprint density at radius 3 is 2.97 bits per heavy atom. The zero-order valence-electron chi connectivity index (χ0n) is 17.1. The van der Waals surface area contributed by atoms with E-state index >= 15 is 0 Å². The molecule has 1 saturated heterocycles. The third kappa shape index (κ3) is 4.06. The number of aliphatic imine (C=N–C) groups is 1. The first kappa shape index (κ1) is 20.4. The molecule has 0 saturated carbocycles. The van der Waals surface area contributed by atoms with Crippen molar-refractivity contribution in [1.82, 2.24) is 14.7 Å². The number of aryl methyl sites for hydroxylation is 1. The zero-order valence-corrected chi connectivity index (χ0v) is 17.9. The summed E-state index contributed by atoms with van der Waals surface area (Å²) in [7, 11) is 0. The first-order valence-electron chi connectivity index (χ1n) is 10.0. The molecule has 2 aromatic heterocycles. The lowest BCUT2D eigenvalue weighted by atomic mass is 10.2. The van der Waals surface area contributed by atoms with Gasteiger partial charge in [-0.15, -0.1) is 11.3 Å². The van der Waals surface area contributed by atoms with E-state index < -0.39 is 0 Å². The number of nitrogens with zero attached hydrogens (tertiary/aromatic N) is 4. The number of hydrogen-bond donors (Lipinski definition) is 0. The lowest BCUT2D eigenvalue weighted by molar-refractivity contribution is -0.113. The van der Waals surface area contributed by atoms with Crippen LogP contribution in [-0.2, 0) is 9.53 Å². The first-order valence-corrected chi connectivity index (χ1v) is 10.8. The van der Waals surface area contributed by atoms with Crippen LogP contribution in [0.4, 0.5) is 5.69 Å². The Morgan fingerprint density at radius 1 is 1.33 bits per heavy atom. The Hall–Kier alpha value is -2.84. The molecule has 4 rings (SSSR count). The molecule has 7 nitrogen and oxygen atoms in total. The number of carbonyl (C=O) groups is 1. The van der Waals surface area contributed by atoms with Crippen LogP contribution in [0.5, 0.6) is 0 Å². The minimum atomic E-state index is -0.336. The van der Waals surface area contributed by atoms with Crippen molar-refractivity contribution in [3.63, 3.8) is 0 Å². The molecular formula is C22H24N4O3S. The lowest BCUT2D eigenvalue weighted by Crippen LogP contribution is -2.30. The van der Waals surface area contributed by atoms with E-state index in [4.69, 9.17) is 4.74 Å². The molecule has 0 radical (unpaired) electrons. The van der Waals surface area contributed by atoms with Gasteiger partial charge in [-0.1, -0.05) is 23.8 Å². The fourth-order valence-corrected chi connectivity index (χ4v) is 4.58. The molecule has 0 bridgehead atoms. The standard InChI is InChI=1S/C22H24N4O3S/c1-15-6-5-7-17(10-9-15)25(14-27)13-23-21-16(2)30-18-12-24-26(22(28)20(18)21)19-8-3-4-11-29-19/h5-6,9-10,12-14,19H,3-4,7-8,11H2,1-2H3. The number of fused-ring (bicyclic) bond motifs is 1. The van der Waals surface area contributed by atoms with E-state index in [1.807, 2.05) is 38.2 Å². The minimum absolute atomic E-state index is 0.205. The third-order valence-electron chi connectivity index (χ3n) is 5.23. The average Bonchev–Trinajstić information content (AvgIpc) is 2.92. The summed E-state index contributed by atoms with van der Waals surface area (Å²) in [6.07, 6.45) is 14.9. The van der Waals surface area contributed by atoms with Crippen molar-refractivity contribution in [2.24, 2.45) is 4.99 Å². The third-order valence-corrected chi connectivity index (χ3v) is 6.26. The van der Waals surface area contributed by atoms with E-state index in [0.29, 0.717) is 24.1 Å². The summed E-state index contributed by atoms with van der Waals surface area (Å²) in [6.45, 7) is 4.56. The van der Waals surface area contributed by atoms with Crippen LogP contribution in [0.1, 0.15) is 43.7 Å². The molecule has 1 fully saturated rings. The van der Waals surface area contributed by atoms with Crippen molar-refractivity contribution >= 4 is 39.9 Å². The second-order valence-corrected chi connectivity index (χ2v) is 8.65. The van der Waals surface area contributed by atoms with Gasteiger partial charge < -0.3 is 4.74 Å². The van der Waals surface area contributed by atoms with Gasteiger partial charge in [0.2, 0.25) is 6.41 Å². The van der Waals surface area contributed by atoms with Gasteiger partial charge in [0.05, 0.1) is 22.0 Å². The van der Waals surface area contributed by atoms with Gasteiger partial charge >= 0.3 is 0 Å². The molecule has 2 aromatic rings. The average molecular weight is 425 g/mol. The molecule has 0 aromatic carbocycles.